The maximum atomic E-state index is 13.9. The van der Waals surface area contributed by atoms with Crippen LogP contribution < -0.4 is 30.7 Å². The van der Waals surface area contributed by atoms with Gasteiger partial charge < -0.3 is 97.5 Å². The lowest BCUT2D eigenvalue weighted by molar-refractivity contribution is -0.198. The van der Waals surface area contributed by atoms with Gasteiger partial charge in [0.15, 0.2) is 12.2 Å². The molecule has 7 heterocycles. The van der Waals surface area contributed by atoms with Gasteiger partial charge in [0.25, 0.3) is 11.8 Å². The Morgan fingerprint density at radius 2 is 0.804 bits per heavy atom. The van der Waals surface area contributed by atoms with Crippen LogP contribution in [0.1, 0.15) is 166 Å². The van der Waals surface area contributed by atoms with E-state index in [2.05, 4.69) is 89.4 Å². The molecule has 7 aliphatic rings. The first kappa shape index (κ1) is 115. The normalized spacial score (nSPS) is 24.1. The molecule has 4 aromatic rings. The van der Waals surface area contributed by atoms with Gasteiger partial charge in [-0.3, -0.25) is 62.8 Å². The Hall–Kier alpha value is -10.1. The number of amides is 6. The van der Waals surface area contributed by atoms with Crippen LogP contribution in [0.5, 0.6) is 11.5 Å². The van der Waals surface area contributed by atoms with Gasteiger partial charge in [-0.05, 0) is 122 Å². The molecule has 0 unspecified atom stereocenters. The third-order valence-electron chi connectivity index (χ3n) is 25.6. The molecule has 4 aromatic carbocycles. The molecule has 5 N–H and O–H groups in total. The molecule has 11 rings (SSSR count). The van der Waals surface area contributed by atoms with E-state index in [1.807, 2.05) is 41.5 Å². The largest absolute Gasteiger partial charge is 0.495 e. The van der Waals surface area contributed by atoms with E-state index in [1.54, 1.807) is 76.2 Å². The molecule has 7 aliphatic heterocycles. The Bertz CT molecular complexity index is 4880. The number of rotatable bonds is 45. The molecular weight excluding hydrogens is 1890 g/mol. The van der Waals surface area contributed by atoms with Crippen LogP contribution in [-0.4, -0.2) is 322 Å². The summed E-state index contributed by atoms with van der Waals surface area (Å²) in [6, 6.07) is 25.0. The van der Waals surface area contributed by atoms with Gasteiger partial charge in [-0.15, -0.1) is 5.06 Å². The highest BCUT2D eigenvalue weighted by molar-refractivity contribution is 6.32. The van der Waals surface area contributed by atoms with Crippen LogP contribution in [0.2, 0.25) is 10.0 Å². The molecule has 0 bridgehead atoms. The average molecular weight is 2040 g/mol. The van der Waals surface area contributed by atoms with Crippen molar-refractivity contribution < 1.29 is 134 Å². The standard InChI is InChI=1S/C54H74ClN5O15.C50H71ClN4O13/c1-35(2)30-44-52(66)72-42(8-7-9-45(61)57-41(32-38-12-15-43(68-6)40(55)31-38)51(65)56-34-54(4,5)53(67)73-44)36(3)49-50(74-49)39-13-10-37(11-14-39)33-59-21-19-58(20-22-59)23-25-70-27-29-71-28-26-69-24-18-48(64)75-60-46(62)16-17-47(60)63;1-33(2)28-42-48(60)66-40(8-7-9-43(56)53-39(30-36-12-15-41(62-6)38(51)29-36)47(59)52-32-50(4,5)49(61)67-42)34(3)45-46(68-45)37-13-10-35(11-14-37)31-55-19-17-54(18-20-55)21-23-64-25-27-65-26-24-63-22-16-44(57)58/h7,9-15,31,35-36,41-42,44,49-50H,8,16-30,32-34H2,1-6H3,(H,56,65)(H,57,61);7,9-15,29,33-34,39-40,42,45-46H,8,16-28,30-32H2,1-6H3,(H,52,59)(H,53,56)(H,57,58)/b2*9-7+/t36-,41+,42-,44-,49+,50+;34-,39+,40-,42-,45+,46+/m00/s1. The number of aliphatic carboxylic acids is 1. The Labute approximate surface area is 847 Å². The number of hydroxylamine groups is 2. The minimum Gasteiger partial charge on any atom is -0.495 e. The van der Waals surface area contributed by atoms with Crippen molar-refractivity contribution in [1.29, 1.82) is 0 Å². The number of epoxide rings is 2. The molecule has 143 heavy (non-hydrogen) atoms. The number of carboxylic acid groups (broad SMARTS) is 1. The maximum Gasteiger partial charge on any atom is 0.347 e. The van der Waals surface area contributed by atoms with Crippen molar-refractivity contribution in [3.63, 3.8) is 0 Å². The lowest BCUT2D eigenvalue weighted by Gasteiger charge is -2.34. The number of nitrogens with one attached hydrogen (secondary N) is 4. The van der Waals surface area contributed by atoms with Crippen LogP contribution in [0, 0.1) is 34.5 Å². The summed E-state index contributed by atoms with van der Waals surface area (Å²) in [5.74, 6) is -7.12. The number of imide groups is 1. The Balaban J connectivity index is 0.000000295. The van der Waals surface area contributed by atoms with Gasteiger partial charge >= 0.3 is 35.8 Å². The molecule has 5 saturated heterocycles. The number of hydrogen-bond donors (Lipinski definition) is 5. The van der Waals surface area contributed by atoms with E-state index in [0.717, 1.165) is 89.7 Å². The number of carboxylic acids is 1. The number of benzene rings is 4. The minimum absolute atomic E-state index is 0.00874. The second-order valence-electron chi connectivity index (χ2n) is 39.0. The van der Waals surface area contributed by atoms with Gasteiger partial charge in [0, 0.05) is 142 Å². The second kappa shape index (κ2) is 57.7. The van der Waals surface area contributed by atoms with Crippen molar-refractivity contribution in [2.75, 3.05) is 172 Å². The first-order chi connectivity index (χ1) is 68.4. The number of piperazine rings is 2. The van der Waals surface area contributed by atoms with Crippen molar-refractivity contribution >= 4 is 94.5 Å². The van der Waals surface area contributed by atoms with E-state index in [0.29, 0.717) is 97.2 Å². The zero-order valence-corrected chi connectivity index (χ0v) is 85.9. The molecule has 12 atom stereocenters. The summed E-state index contributed by atoms with van der Waals surface area (Å²) in [4.78, 5) is 169. The fourth-order valence-electron chi connectivity index (χ4n) is 16.7. The van der Waals surface area contributed by atoms with E-state index in [-0.39, 0.29) is 145 Å². The Morgan fingerprint density at radius 1 is 0.455 bits per heavy atom. The van der Waals surface area contributed by atoms with Crippen molar-refractivity contribution in [3.8, 4) is 11.5 Å². The Kier molecular flexibility index (Phi) is 46.3. The molecule has 37 nitrogen and oxygen atoms in total. The van der Waals surface area contributed by atoms with E-state index in [1.165, 1.54) is 37.5 Å². The summed E-state index contributed by atoms with van der Waals surface area (Å²) in [7, 11) is 3.01. The first-order valence-electron chi connectivity index (χ1n) is 49.5. The monoisotopic (exact) mass is 2040 g/mol. The second-order valence-corrected chi connectivity index (χ2v) is 39.9. The van der Waals surface area contributed by atoms with Crippen LogP contribution in [0.15, 0.2) is 109 Å². The summed E-state index contributed by atoms with van der Waals surface area (Å²) in [5, 5.41) is 21.0. The minimum atomic E-state index is -1.24. The quantitative estimate of drug-likeness (QED) is 0.00905. The SMILES string of the molecule is COc1ccc(C[C@H]2NC(=O)/C=C/C[C@@H]([C@H](C)[C@H]3O[C@@H]3c3ccc(CN4CCN(CCOCCOCCOCCC(=O)O)CC4)cc3)OC(=O)[C@H](CC(C)C)OC(=O)C(C)(C)CNC2=O)cc1Cl.COc1ccc(C[C@H]2NC(=O)/C=C/C[C@@H]([C@H](C)[C@H]3O[C@@H]3c3ccc(CN4CCN(CCOCCOCCOCCC(=O)ON5C(=O)CCC5=O)CC4)cc3)OC(=O)[C@H](CC(C)C)OC(=O)C(C)(C)CNC2=O)cc1Cl. The van der Waals surface area contributed by atoms with Crippen LogP contribution in [0.25, 0.3) is 0 Å². The summed E-state index contributed by atoms with van der Waals surface area (Å²) in [5.41, 5.74) is 3.28. The summed E-state index contributed by atoms with van der Waals surface area (Å²) in [6.07, 6.45) is 2.00. The molecular formula is C104H145Cl2N9O28. The van der Waals surface area contributed by atoms with Gasteiger partial charge in [0.05, 0.1) is 139 Å². The van der Waals surface area contributed by atoms with Gasteiger partial charge in [0.2, 0.25) is 23.6 Å². The van der Waals surface area contributed by atoms with E-state index < -0.39 is 119 Å². The predicted octanol–water partition coefficient (Wildman–Crippen LogP) is 9.06. The zero-order valence-electron chi connectivity index (χ0n) is 84.4. The molecule has 788 valence electrons. The summed E-state index contributed by atoms with van der Waals surface area (Å²) in [6.45, 7) is 33.2. The van der Waals surface area contributed by atoms with Crippen molar-refractivity contribution in [3.05, 3.63) is 153 Å². The van der Waals surface area contributed by atoms with Crippen LogP contribution in [-0.2, 0) is 145 Å². The highest BCUT2D eigenvalue weighted by Gasteiger charge is 2.50. The number of nitrogens with zero attached hydrogens (tertiary/aromatic N) is 5. The number of esters is 4. The third-order valence-corrected chi connectivity index (χ3v) is 26.2. The molecule has 6 amide bonds. The molecule has 0 radical (unpaired) electrons. The van der Waals surface area contributed by atoms with E-state index >= 15 is 0 Å². The molecule has 5 fully saturated rings. The van der Waals surface area contributed by atoms with Gasteiger partial charge in [-0.2, -0.15) is 0 Å². The van der Waals surface area contributed by atoms with Crippen molar-refractivity contribution in [1.82, 2.24) is 45.9 Å². The van der Waals surface area contributed by atoms with Crippen molar-refractivity contribution in [2.45, 2.75) is 207 Å². The van der Waals surface area contributed by atoms with E-state index in [4.69, 9.17) is 99.5 Å². The maximum absolute atomic E-state index is 13.9. The number of methoxy groups -OCH3 is 2. The van der Waals surface area contributed by atoms with E-state index in [9.17, 15) is 57.5 Å². The van der Waals surface area contributed by atoms with Gasteiger partial charge in [0.1, 0.15) is 48.0 Å². The highest BCUT2D eigenvalue weighted by atomic mass is 35.5. The topological polar surface area (TPSA) is 434 Å². The molecule has 0 spiro atoms. The molecule has 0 aliphatic carbocycles. The summed E-state index contributed by atoms with van der Waals surface area (Å²) < 4.78 is 80.2. The van der Waals surface area contributed by atoms with Crippen LogP contribution in [0.4, 0.5) is 0 Å². The first-order valence-corrected chi connectivity index (χ1v) is 50.3. The fraction of sp³-hybridized carbons (Fsp3) is 0.615. The predicted molar refractivity (Wildman–Crippen MR) is 526 cm³/mol. The molecule has 0 aromatic heterocycles. The fourth-order valence-corrected chi connectivity index (χ4v) is 17.3. The van der Waals surface area contributed by atoms with Crippen molar-refractivity contribution in [2.24, 2.45) is 34.5 Å². The number of carbonyl (C=O) groups is 12. The van der Waals surface area contributed by atoms with Crippen LogP contribution in [0.3, 0.4) is 0 Å². The highest BCUT2D eigenvalue weighted by Crippen LogP contribution is 2.47. The van der Waals surface area contributed by atoms with Gasteiger partial charge in [-0.25, -0.2) is 14.4 Å². The molecule has 39 heteroatoms. The number of hydrogen-bond acceptors (Lipinski definition) is 31. The lowest BCUT2D eigenvalue weighted by atomic mass is 9.92. The number of ether oxygens (including phenoxy) is 14. The number of carbonyl (C=O) groups excluding carboxylic acids is 11. The van der Waals surface area contributed by atoms with Crippen LogP contribution >= 0.6 is 23.2 Å². The summed E-state index contributed by atoms with van der Waals surface area (Å²) >= 11 is 12.8. The number of halogens is 2. The number of cyclic esters (lactones) is 4. The smallest absolute Gasteiger partial charge is 0.347 e. The average Bonchev–Trinajstić information content (AvgIpc) is 1.63. The zero-order chi connectivity index (χ0) is 103. The Morgan fingerprint density at radius 3 is 1.16 bits per heavy atom. The molecule has 0 saturated carbocycles. The third kappa shape index (κ3) is 38.4. The lowest BCUT2D eigenvalue weighted by Crippen LogP contribution is -2.51. The van der Waals surface area contributed by atoms with Gasteiger partial charge in [-0.1, -0.05) is 138 Å².